The molecule has 132 valence electrons. The number of primary amides is 1. The van der Waals surface area contributed by atoms with Gasteiger partial charge in [-0.25, -0.2) is 0 Å². The van der Waals surface area contributed by atoms with Crippen LogP contribution < -0.4 is 16.8 Å². The van der Waals surface area contributed by atoms with Crippen LogP contribution >= 0.6 is 0 Å². The first-order chi connectivity index (χ1) is 10.6. The smallest absolute Gasteiger partial charge is 0.253 e. The highest BCUT2D eigenvalue weighted by molar-refractivity contribution is 5.92. The van der Waals surface area contributed by atoms with E-state index in [-0.39, 0.29) is 5.92 Å². The molecule has 0 spiro atoms. The van der Waals surface area contributed by atoms with Crippen molar-refractivity contribution >= 4 is 17.7 Å². The highest BCUT2D eigenvalue weighted by Crippen LogP contribution is 2.20. The van der Waals surface area contributed by atoms with Crippen molar-refractivity contribution in [1.29, 1.82) is 0 Å². The molecule has 0 aliphatic carbocycles. The van der Waals surface area contributed by atoms with E-state index in [1.54, 1.807) is 0 Å². The fourth-order valence-corrected chi connectivity index (χ4v) is 2.71. The zero-order valence-electron chi connectivity index (χ0n) is 14.0. The molecule has 6 N–H and O–H groups in total. The second-order valence-electron chi connectivity index (χ2n) is 6.56. The van der Waals surface area contributed by atoms with Crippen LogP contribution in [0.15, 0.2) is 0 Å². The second-order valence-corrected chi connectivity index (χ2v) is 6.56. The third kappa shape index (κ3) is 5.18. The van der Waals surface area contributed by atoms with Gasteiger partial charge in [-0.3, -0.25) is 14.4 Å². The number of nitrogens with two attached hydrogens (primary N) is 2. The first-order valence-corrected chi connectivity index (χ1v) is 7.99. The number of carbonyl (C=O) groups excluding carboxylic acids is 3. The summed E-state index contributed by atoms with van der Waals surface area (Å²) in [6, 6.07) is -2.19. The normalized spacial score (nSPS) is 21.8. The average Bonchev–Trinajstić information content (AvgIpc) is 2.94. The summed E-state index contributed by atoms with van der Waals surface area (Å²) in [4.78, 5) is 37.0. The van der Waals surface area contributed by atoms with E-state index in [0.29, 0.717) is 25.8 Å². The molecule has 0 aromatic rings. The van der Waals surface area contributed by atoms with Gasteiger partial charge in [-0.05, 0) is 32.1 Å². The standard InChI is InChI=1S/C15H28N4O4/c1-8(2)7-10(16)12(20)15(23)19-6-4-5-11(19)14(22)18-9(3)13(17)21/h8-12,20H,4-7,16H2,1-3H3,(H2,17,21)(H,18,22)/t9-,10-,11-,12+/m0/s1. The van der Waals surface area contributed by atoms with Gasteiger partial charge in [-0.15, -0.1) is 0 Å². The van der Waals surface area contributed by atoms with Gasteiger partial charge in [-0.1, -0.05) is 13.8 Å². The molecule has 1 fully saturated rings. The number of amides is 3. The molecule has 0 bridgehead atoms. The number of aliphatic hydroxyl groups is 1. The van der Waals surface area contributed by atoms with Crippen LogP contribution in [0.3, 0.4) is 0 Å². The fraction of sp³-hybridized carbons (Fsp3) is 0.800. The maximum atomic E-state index is 12.4. The summed E-state index contributed by atoms with van der Waals surface area (Å²) in [5.74, 6) is -1.37. The first kappa shape index (κ1) is 19.4. The Morgan fingerprint density at radius 3 is 2.43 bits per heavy atom. The highest BCUT2D eigenvalue weighted by Gasteiger charge is 2.38. The van der Waals surface area contributed by atoms with Crippen LogP contribution in [-0.2, 0) is 14.4 Å². The average molecular weight is 328 g/mol. The van der Waals surface area contributed by atoms with Crippen molar-refractivity contribution in [3.63, 3.8) is 0 Å². The van der Waals surface area contributed by atoms with E-state index in [0.717, 1.165) is 0 Å². The van der Waals surface area contributed by atoms with E-state index in [4.69, 9.17) is 11.5 Å². The summed E-state index contributed by atoms with van der Waals surface area (Å²) in [7, 11) is 0. The van der Waals surface area contributed by atoms with Crippen molar-refractivity contribution in [1.82, 2.24) is 10.2 Å². The molecule has 4 atom stereocenters. The molecule has 0 aromatic carbocycles. The molecular weight excluding hydrogens is 300 g/mol. The molecule has 3 amide bonds. The van der Waals surface area contributed by atoms with Crippen LogP contribution in [0.25, 0.3) is 0 Å². The van der Waals surface area contributed by atoms with Crippen molar-refractivity contribution in [3.8, 4) is 0 Å². The molecular formula is C15H28N4O4. The zero-order valence-corrected chi connectivity index (χ0v) is 14.0. The predicted octanol–water partition coefficient (Wildman–Crippen LogP) is -1.30. The minimum atomic E-state index is -1.33. The Bertz CT molecular complexity index is 455. The first-order valence-electron chi connectivity index (χ1n) is 7.99. The lowest BCUT2D eigenvalue weighted by Gasteiger charge is -2.29. The summed E-state index contributed by atoms with van der Waals surface area (Å²) in [5.41, 5.74) is 11.0. The minimum Gasteiger partial charge on any atom is -0.382 e. The Balaban J connectivity index is 2.72. The van der Waals surface area contributed by atoms with Crippen LogP contribution in [-0.4, -0.2) is 58.5 Å². The number of hydrogen-bond acceptors (Lipinski definition) is 5. The number of rotatable bonds is 7. The Morgan fingerprint density at radius 2 is 1.91 bits per heavy atom. The third-order valence-electron chi connectivity index (χ3n) is 4.03. The summed E-state index contributed by atoms with van der Waals surface area (Å²) in [6.07, 6.45) is 0.311. The van der Waals surface area contributed by atoms with Gasteiger partial charge in [0, 0.05) is 12.6 Å². The zero-order chi connectivity index (χ0) is 17.7. The lowest BCUT2D eigenvalue weighted by Crippen LogP contribution is -2.55. The maximum Gasteiger partial charge on any atom is 0.253 e. The molecule has 1 rings (SSSR count). The van der Waals surface area contributed by atoms with Crippen molar-refractivity contribution in [3.05, 3.63) is 0 Å². The summed E-state index contributed by atoms with van der Waals surface area (Å²) in [6.45, 7) is 5.77. The predicted molar refractivity (Wildman–Crippen MR) is 85.0 cm³/mol. The summed E-state index contributed by atoms with van der Waals surface area (Å²) < 4.78 is 0. The highest BCUT2D eigenvalue weighted by atomic mass is 16.3. The van der Waals surface area contributed by atoms with Gasteiger partial charge in [0.25, 0.3) is 5.91 Å². The van der Waals surface area contributed by atoms with Crippen LogP contribution in [0.4, 0.5) is 0 Å². The van der Waals surface area contributed by atoms with E-state index in [9.17, 15) is 19.5 Å². The number of likely N-dealkylation sites (tertiary alicyclic amines) is 1. The Labute approximate surface area is 136 Å². The SMILES string of the molecule is CC(C)C[C@H](N)[C@@H](O)C(=O)N1CCC[C@H]1C(=O)N[C@@H](C)C(N)=O. The Hall–Kier alpha value is -1.67. The van der Waals surface area contributed by atoms with E-state index >= 15 is 0 Å². The molecule has 0 saturated carbocycles. The number of carbonyl (C=O) groups is 3. The summed E-state index contributed by atoms with van der Waals surface area (Å²) in [5, 5.41) is 12.6. The molecule has 8 heteroatoms. The molecule has 1 saturated heterocycles. The van der Waals surface area contributed by atoms with Crippen molar-refractivity contribution in [2.24, 2.45) is 17.4 Å². The van der Waals surface area contributed by atoms with Gasteiger partial charge >= 0.3 is 0 Å². The molecule has 1 heterocycles. The van der Waals surface area contributed by atoms with Gasteiger partial charge < -0.3 is 26.8 Å². The van der Waals surface area contributed by atoms with E-state index in [1.807, 2.05) is 13.8 Å². The largest absolute Gasteiger partial charge is 0.382 e. The number of nitrogens with one attached hydrogen (secondary N) is 1. The Kier molecular flexibility index (Phi) is 6.96. The maximum absolute atomic E-state index is 12.4. The molecule has 8 nitrogen and oxygen atoms in total. The van der Waals surface area contributed by atoms with Gasteiger partial charge in [-0.2, -0.15) is 0 Å². The molecule has 23 heavy (non-hydrogen) atoms. The van der Waals surface area contributed by atoms with Gasteiger partial charge in [0.05, 0.1) is 0 Å². The van der Waals surface area contributed by atoms with Crippen molar-refractivity contribution in [2.75, 3.05) is 6.54 Å². The number of nitrogens with zero attached hydrogens (tertiary/aromatic N) is 1. The molecule has 0 radical (unpaired) electrons. The van der Waals surface area contributed by atoms with Crippen LogP contribution in [0.1, 0.15) is 40.0 Å². The third-order valence-corrected chi connectivity index (χ3v) is 4.03. The second kappa shape index (κ2) is 8.26. The van der Waals surface area contributed by atoms with Crippen LogP contribution in [0.2, 0.25) is 0 Å². The van der Waals surface area contributed by atoms with Gasteiger partial charge in [0.1, 0.15) is 18.2 Å². The summed E-state index contributed by atoms with van der Waals surface area (Å²) >= 11 is 0. The van der Waals surface area contributed by atoms with Gasteiger partial charge in [0.15, 0.2) is 0 Å². The van der Waals surface area contributed by atoms with Crippen molar-refractivity contribution < 1.29 is 19.5 Å². The molecule has 1 aliphatic heterocycles. The van der Waals surface area contributed by atoms with E-state index < -0.39 is 42.0 Å². The van der Waals surface area contributed by atoms with Crippen LogP contribution in [0.5, 0.6) is 0 Å². The fourth-order valence-electron chi connectivity index (χ4n) is 2.71. The Morgan fingerprint density at radius 1 is 1.30 bits per heavy atom. The molecule has 0 unspecified atom stereocenters. The quantitative estimate of drug-likeness (QED) is 0.460. The van der Waals surface area contributed by atoms with Crippen LogP contribution in [0, 0.1) is 5.92 Å². The van der Waals surface area contributed by atoms with E-state index in [2.05, 4.69) is 5.32 Å². The number of aliphatic hydroxyl groups excluding tert-OH is 1. The number of hydrogen-bond donors (Lipinski definition) is 4. The molecule has 0 aromatic heterocycles. The minimum absolute atomic E-state index is 0.251. The monoisotopic (exact) mass is 328 g/mol. The van der Waals surface area contributed by atoms with Gasteiger partial charge in [0.2, 0.25) is 11.8 Å². The van der Waals surface area contributed by atoms with E-state index in [1.165, 1.54) is 11.8 Å². The lowest BCUT2D eigenvalue weighted by atomic mass is 9.99. The molecule has 1 aliphatic rings. The van der Waals surface area contributed by atoms with Crippen molar-refractivity contribution in [2.45, 2.75) is 64.3 Å². The topological polar surface area (TPSA) is 139 Å². The lowest BCUT2D eigenvalue weighted by molar-refractivity contribution is -0.146.